The van der Waals surface area contributed by atoms with Gasteiger partial charge in [0.25, 0.3) is 0 Å². The Balaban J connectivity index is 2.85. The third-order valence-corrected chi connectivity index (χ3v) is 2.05. The summed E-state index contributed by atoms with van der Waals surface area (Å²) in [5.74, 6) is 0.417. The molecule has 0 fully saturated rings. The van der Waals surface area contributed by atoms with Crippen LogP contribution in [0.3, 0.4) is 0 Å². The molecule has 0 bridgehead atoms. The van der Waals surface area contributed by atoms with E-state index in [0.717, 1.165) is 0 Å². The molecule has 0 radical (unpaired) electrons. The summed E-state index contributed by atoms with van der Waals surface area (Å²) in [7, 11) is 1.47. The number of aromatic hydroxyl groups is 1. The predicted octanol–water partition coefficient (Wildman–Crippen LogP) is 1.76. The summed E-state index contributed by atoms with van der Waals surface area (Å²) < 4.78 is 16.9. The fraction of sp³-hybridized carbons (Fsp3) is 0.400. The van der Waals surface area contributed by atoms with Gasteiger partial charge in [-0.2, -0.15) is 0 Å². The molecule has 0 unspecified atom stereocenters. The molecule has 0 heterocycles. The average molecular weight is 199 g/mol. The predicted molar refractivity (Wildman–Crippen MR) is 52.2 cm³/mol. The van der Waals surface area contributed by atoms with Crippen LogP contribution in [-0.4, -0.2) is 18.9 Å². The number of benzene rings is 1. The first-order chi connectivity index (χ1) is 6.69. The van der Waals surface area contributed by atoms with Crippen molar-refractivity contribution in [3.05, 3.63) is 23.8 Å². The minimum atomic E-state index is -0.464. The molecule has 3 N–H and O–H groups in total. The molecule has 1 aromatic rings. The van der Waals surface area contributed by atoms with Crippen molar-refractivity contribution < 1.29 is 14.2 Å². The van der Waals surface area contributed by atoms with E-state index < -0.39 is 6.67 Å². The average Bonchev–Trinajstić information content (AvgIpc) is 2.18. The summed E-state index contributed by atoms with van der Waals surface area (Å²) in [4.78, 5) is 0. The Kier molecular flexibility index (Phi) is 3.71. The molecular formula is C10H14FNO2. The van der Waals surface area contributed by atoms with Crippen molar-refractivity contribution in [2.75, 3.05) is 13.8 Å². The van der Waals surface area contributed by atoms with Gasteiger partial charge >= 0.3 is 0 Å². The van der Waals surface area contributed by atoms with Gasteiger partial charge in [0.2, 0.25) is 0 Å². The smallest absolute Gasteiger partial charge is 0.160 e. The van der Waals surface area contributed by atoms with Gasteiger partial charge < -0.3 is 15.6 Å². The minimum absolute atomic E-state index is 0.0271. The number of phenolic OH excluding ortho intramolecular Hbond substituents is 1. The number of alkyl halides is 1. The second-order valence-electron chi connectivity index (χ2n) is 3.02. The van der Waals surface area contributed by atoms with Crippen molar-refractivity contribution in [2.45, 2.75) is 12.5 Å². The van der Waals surface area contributed by atoms with Gasteiger partial charge in [-0.3, -0.25) is 4.39 Å². The van der Waals surface area contributed by atoms with Crippen molar-refractivity contribution in [3.8, 4) is 11.5 Å². The van der Waals surface area contributed by atoms with Crippen LogP contribution in [0.25, 0.3) is 0 Å². The van der Waals surface area contributed by atoms with E-state index >= 15 is 0 Å². The molecule has 0 aliphatic heterocycles. The van der Waals surface area contributed by atoms with Crippen molar-refractivity contribution in [2.24, 2.45) is 5.73 Å². The van der Waals surface area contributed by atoms with Crippen molar-refractivity contribution in [3.63, 3.8) is 0 Å². The van der Waals surface area contributed by atoms with E-state index in [1.165, 1.54) is 13.2 Å². The summed E-state index contributed by atoms with van der Waals surface area (Å²) in [6.07, 6.45) is 0.256. The van der Waals surface area contributed by atoms with E-state index in [0.29, 0.717) is 11.3 Å². The molecule has 78 valence electrons. The number of halogens is 1. The normalized spacial score (nSPS) is 12.5. The maximum Gasteiger partial charge on any atom is 0.160 e. The highest BCUT2D eigenvalue weighted by Gasteiger charge is 2.08. The Bertz CT molecular complexity index is 304. The van der Waals surface area contributed by atoms with Crippen LogP contribution in [0.15, 0.2) is 18.2 Å². The number of methoxy groups -OCH3 is 1. The highest BCUT2D eigenvalue weighted by molar-refractivity contribution is 5.42. The number of hydrogen-bond donors (Lipinski definition) is 2. The maximum absolute atomic E-state index is 12.0. The van der Waals surface area contributed by atoms with Crippen LogP contribution in [0.5, 0.6) is 11.5 Å². The van der Waals surface area contributed by atoms with Gasteiger partial charge in [0.1, 0.15) is 0 Å². The van der Waals surface area contributed by atoms with Crippen molar-refractivity contribution >= 4 is 0 Å². The topological polar surface area (TPSA) is 55.5 Å². The zero-order valence-corrected chi connectivity index (χ0v) is 8.03. The van der Waals surface area contributed by atoms with Gasteiger partial charge in [-0.25, -0.2) is 0 Å². The third kappa shape index (κ3) is 2.35. The summed E-state index contributed by atoms with van der Waals surface area (Å²) in [6.45, 7) is -0.464. The number of rotatable bonds is 4. The summed E-state index contributed by atoms with van der Waals surface area (Å²) in [6, 6.07) is 4.46. The number of nitrogens with two attached hydrogens (primary N) is 1. The van der Waals surface area contributed by atoms with Crippen LogP contribution in [0.2, 0.25) is 0 Å². The fourth-order valence-corrected chi connectivity index (χ4v) is 1.22. The van der Waals surface area contributed by atoms with Crippen molar-refractivity contribution in [1.82, 2.24) is 0 Å². The quantitative estimate of drug-likeness (QED) is 0.776. The number of ether oxygens (including phenoxy) is 1. The molecule has 0 saturated heterocycles. The lowest BCUT2D eigenvalue weighted by atomic mass is 10.0. The molecule has 0 amide bonds. The first kappa shape index (κ1) is 10.8. The molecule has 0 saturated carbocycles. The number of hydrogen-bond acceptors (Lipinski definition) is 3. The van der Waals surface area contributed by atoms with E-state index in [1.54, 1.807) is 12.1 Å². The van der Waals surface area contributed by atoms with Crippen LogP contribution in [0.1, 0.15) is 18.0 Å². The lowest BCUT2D eigenvalue weighted by Gasteiger charge is -2.11. The van der Waals surface area contributed by atoms with Gasteiger partial charge in [0.05, 0.1) is 13.8 Å². The molecule has 0 aromatic heterocycles. The summed E-state index contributed by atoms with van der Waals surface area (Å²) in [5.41, 5.74) is 6.38. The fourth-order valence-electron chi connectivity index (χ4n) is 1.22. The lowest BCUT2D eigenvalue weighted by molar-refractivity contribution is 0.372. The molecule has 3 nitrogen and oxygen atoms in total. The Morgan fingerprint density at radius 1 is 1.57 bits per heavy atom. The van der Waals surface area contributed by atoms with Crippen molar-refractivity contribution in [1.29, 1.82) is 0 Å². The lowest BCUT2D eigenvalue weighted by Crippen LogP contribution is -2.10. The molecule has 0 aliphatic rings. The first-order valence-electron chi connectivity index (χ1n) is 4.37. The second-order valence-corrected chi connectivity index (χ2v) is 3.02. The molecular weight excluding hydrogens is 185 g/mol. The first-order valence-corrected chi connectivity index (χ1v) is 4.37. The third-order valence-electron chi connectivity index (χ3n) is 2.05. The maximum atomic E-state index is 12.0. The molecule has 1 atom stereocenters. The highest BCUT2D eigenvalue weighted by Crippen LogP contribution is 2.28. The van der Waals surface area contributed by atoms with E-state index in [1.807, 2.05) is 0 Å². The van der Waals surface area contributed by atoms with E-state index in [4.69, 9.17) is 10.5 Å². The Morgan fingerprint density at radius 3 is 2.79 bits per heavy atom. The van der Waals surface area contributed by atoms with Gasteiger partial charge in [-0.05, 0) is 24.1 Å². The van der Waals surface area contributed by atoms with Gasteiger partial charge in [0.15, 0.2) is 11.5 Å². The molecule has 1 rings (SSSR count). The van der Waals surface area contributed by atoms with Crippen LogP contribution < -0.4 is 10.5 Å². The molecule has 0 aliphatic carbocycles. The zero-order valence-electron chi connectivity index (χ0n) is 8.03. The summed E-state index contributed by atoms with van der Waals surface area (Å²) in [5, 5.41) is 9.43. The number of phenols is 1. The zero-order chi connectivity index (χ0) is 10.6. The van der Waals surface area contributed by atoms with Crippen LogP contribution in [-0.2, 0) is 0 Å². The Labute approximate surface area is 82.3 Å². The molecule has 0 spiro atoms. The monoisotopic (exact) mass is 199 g/mol. The molecule has 4 heteroatoms. The Hall–Kier alpha value is -1.29. The van der Waals surface area contributed by atoms with Gasteiger partial charge in [0, 0.05) is 6.04 Å². The summed E-state index contributed by atoms with van der Waals surface area (Å²) >= 11 is 0. The SMILES string of the molecule is COc1ccc([C@@H](N)CCF)cc1O. The van der Waals surface area contributed by atoms with Gasteiger partial charge in [-0.15, -0.1) is 0 Å². The Morgan fingerprint density at radius 2 is 2.29 bits per heavy atom. The highest BCUT2D eigenvalue weighted by atomic mass is 19.1. The van der Waals surface area contributed by atoms with Crippen LogP contribution in [0.4, 0.5) is 4.39 Å². The van der Waals surface area contributed by atoms with Gasteiger partial charge in [-0.1, -0.05) is 6.07 Å². The van der Waals surface area contributed by atoms with Crippen LogP contribution in [0, 0.1) is 0 Å². The van der Waals surface area contributed by atoms with Crippen LogP contribution >= 0.6 is 0 Å². The van der Waals surface area contributed by atoms with E-state index in [9.17, 15) is 9.50 Å². The standard InChI is InChI=1S/C10H14FNO2/c1-14-10-3-2-7(6-9(10)13)8(12)4-5-11/h2-3,6,8,13H,4-5,12H2,1H3/t8-/m0/s1. The molecule has 14 heavy (non-hydrogen) atoms. The largest absolute Gasteiger partial charge is 0.504 e. The van der Waals surface area contributed by atoms with E-state index in [-0.39, 0.29) is 18.2 Å². The molecule has 1 aromatic carbocycles. The minimum Gasteiger partial charge on any atom is -0.504 e. The second kappa shape index (κ2) is 4.81. The van der Waals surface area contributed by atoms with E-state index in [2.05, 4.69) is 0 Å².